The number of amides is 1. The first-order valence-electron chi connectivity index (χ1n) is 13.4. The molecule has 3 aromatic carbocycles. The molecule has 6 rings (SSSR count). The number of pyridine rings is 1. The van der Waals surface area contributed by atoms with E-state index < -0.39 is 5.41 Å². The van der Waals surface area contributed by atoms with Crippen molar-refractivity contribution in [2.45, 2.75) is 33.3 Å². The molecule has 1 aromatic heterocycles. The highest BCUT2D eigenvalue weighted by Crippen LogP contribution is 2.41. The first-order chi connectivity index (χ1) is 18.5. The van der Waals surface area contributed by atoms with Gasteiger partial charge in [0.15, 0.2) is 0 Å². The van der Waals surface area contributed by atoms with Crippen molar-refractivity contribution in [2.75, 3.05) is 25.0 Å². The molecule has 0 saturated carbocycles. The Bertz CT molecular complexity index is 1470. The summed E-state index contributed by atoms with van der Waals surface area (Å²) in [6.45, 7) is 7.21. The van der Waals surface area contributed by atoms with Gasteiger partial charge < -0.3 is 15.0 Å². The number of rotatable bonds is 4. The number of fused-ring (bicyclic) bond motifs is 3. The van der Waals surface area contributed by atoms with Gasteiger partial charge in [0.1, 0.15) is 12.4 Å². The highest BCUT2D eigenvalue weighted by Gasteiger charge is 2.32. The van der Waals surface area contributed by atoms with Gasteiger partial charge in [0, 0.05) is 36.8 Å². The SMILES string of the molecule is CC(C)(CN1CCC(=C2c3ccccc3COc3ccccc32)CC1)C(=O)Nc1cccc2cccnc12. The number of anilines is 1. The van der Waals surface area contributed by atoms with Gasteiger partial charge in [0.25, 0.3) is 0 Å². The van der Waals surface area contributed by atoms with Gasteiger partial charge in [-0.15, -0.1) is 0 Å². The van der Waals surface area contributed by atoms with Crippen LogP contribution in [0.3, 0.4) is 0 Å². The zero-order valence-corrected chi connectivity index (χ0v) is 22.0. The predicted octanol–water partition coefficient (Wildman–Crippen LogP) is 6.69. The number of aromatic nitrogens is 1. The number of nitrogens with one attached hydrogen (secondary N) is 1. The van der Waals surface area contributed by atoms with Gasteiger partial charge in [-0.1, -0.05) is 66.2 Å². The van der Waals surface area contributed by atoms with Crippen LogP contribution in [0.5, 0.6) is 5.75 Å². The summed E-state index contributed by atoms with van der Waals surface area (Å²) in [5.74, 6) is 0.970. The van der Waals surface area contributed by atoms with Crippen molar-refractivity contribution in [2.24, 2.45) is 5.41 Å². The molecule has 0 unspecified atom stereocenters. The third-order valence-corrected chi connectivity index (χ3v) is 7.75. The molecule has 1 saturated heterocycles. The van der Waals surface area contributed by atoms with Crippen molar-refractivity contribution in [3.05, 3.63) is 107 Å². The summed E-state index contributed by atoms with van der Waals surface area (Å²) < 4.78 is 6.19. The van der Waals surface area contributed by atoms with Crippen LogP contribution in [0.4, 0.5) is 5.69 Å². The maximum atomic E-state index is 13.4. The normalized spacial score (nSPS) is 15.8. The van der Waals surface area contributed by atoms with E-state index in [1.165, 1.54) is 27.8 Å². The first kappa shape index (κ1) is 24.4. The molecule has 5 nitrogen and oxygen atoms in total. The zero-order chi connectivity index (χ0) is 26.1. The number of para-hydroxylation sites is 2. The van der Waals surface area contributed by atoms with Crippen molar-refractivity contribution in [3.63, 3.8) is 0 Å². The van der Waals surface area contributed by atoms with Gasteiger partial charge >= 0.3 is 0 Å². The number of ether oxygens (including phenoxy) is 1. The molecule has 2 aliphatic rings. The monoisotopic (exact) mass is 503 g/mol. The van der Waals surface area contributed by atoms with Crippen molar-refractivity contribution in [1.29, 1.82) is 0 Å². The van der Waals surface area contributed by atoms with Crippen molar-refractivity contribution in [1.82, 2.24) is 9.88 Å². The minimum absolute atomic E-state index is 0.0172. The number of carbonyl (C=O) groups is 1. The Morgan fingerprint density at radius 3 is 2.50 bits per heavy atom. The minimum Gasteiger partial charge on any atom is -0.488 e. The zero-order valence-electron chi connectivity index (χ0n) is 22.0. The van der Waals surface area contributed by atoms with Crippen molar-refractivity contribution in [3.8, 4) is 5.75 Å². The number of hydrogen-bond acceptors (Lipinski definition) is 4. The van der Waals surface area contributed by atoms with Gasteiger partial charge in [-0.2, -0.15) is 0 Å². The number of hydrogen-bond donors (Lipinski definition) is 1. The average molecular weight is 504 g/mol. The van der Waals surface area contributed by atoms with Crippen LogP contribution in [0.2, 0.25) is 0 Å². The molecular formula is C33H33N3O2. The fourth-order valence-corrected chi connectivity index (χ4v) is 5.73. The Kier molecular flexibility index (Phi) is 6.46. The smallest absolute Gasteiger partial charge is 0.231 e. The highest BCUT2D eigenvalue weighted by atomic mass is 16.5. The van der Waals surface area contributed by atoms with E-state index in [9.17, 15) is 4.79 Å². The number of likely N-dealkylation sites (tertiary alicyclic amines) is 1. The lowest BCUT2D eigenvalue weighted by molar-refractivity contribution is -0.125. The van der Waals surface area contributed by atoms with E-state index in [0.29, 0.717) is 13.2 Å². The molecule has 0 aliphatic carbocycles. The molecule has 0 spiro atoms. The van der Waals surface area contributed by atoms with Crippen LogP contribution < -0.4 is 10.1 Å². The molecule has 1 fully saturated rings. The maximum absolute atomic E-state index is 13.4. The van der Waals surface area contributed by atoms with Crippen LogP contribution >= 0.6 is 0 Å². The fourth-order valence-electron chi connectivity index (χ4n) is 5.73. The quantitative estimate of drug-likeness (QED) is 0.337. The van der Waals surface area contributed by atoms with Gasteiger partial charge in [-0.05, 0) is 61.6 Å². The number of carbonyl (C=O) groups excluding carboxylic acids is 1. The summed E-state index contributed by atoms with van der Waals surface area (Å²) in [5, 5.41) is 4.17. The second kappa shape index (κ2) is 10.1. The standard InChI is InChI=1S/C33H33N3O2/c1-33(2,32(37)35-28-14-7-10-24-11-8-18-34-31(24)28)22-36-19-16-23(17-20-36)30-26-12-4-3-9-25(26)21-38-29-15-6-5-13-27(29)30/h3-15,18H,16-17,19-22H2,1-2H3,(H,35,37). The van der Waals surface area contributed by atoms with Crippen LogP contribution in [-0.4, -0.2) is 35.4 Å². The van der Waals surface area contributed by atoms with E-state index in [2.05, 4.69) is 57.7 Å². The molecule has 0 atom stereocenters. The molecule has 38 heavy (non-hydrogen) atoms. The molecule has 5 heteroatoms. The summed E-state index contributed by atoms with van der Waals surface area (Å²) >= 11 is 0. The summed E-state index contributed by atoms with van der Waals surface area (Å²) in [5.41, 5.74) is 7.53. The molecular weight excluding hydrogens is 470 g/mol. The Hall–Kier alpha value is -3.96. The summed E-state index contributed by atoms with van der Waals surface area (Å²) in [7, 11) is 0. The molecule has 0 radical (unpaired) electrons. The summed E-state index contributed by atoms with van der Waals surface area (Å²) in [6, 6.07) is 26.8. The van der Waals surface area contributed by atoms with Crippen LogP contribution in [-0.2, 0) is 11.4 Å². The third kappa shape index (κ3) is 4.70. The highest BCUT2D eigenvalue weighted by molar-refractivity contribution is 6.02. The topological polar surface area (TPSA) is 54.5 Å². The van der Waals surface area contributed by atoms with Gasteiger partial charge in [0.05, 0.1) is 16.6 Å². The van der Waals surface area contributed by atoms with Crippen LogP contribution in [0.1, 0.15) is 43.4 Å². The summed E-state index contributed by atoms with van der Waals surface area (Å²) in [4.78, 5) is 20.3. The molecule has 4 aromatic rings. The maximum Gasteiger partial charge on any atom is 0.231 e. The van der Waals surface area contributed by atoms with E-state index in [1.807, 2.05) is 50.2 Å². The lowest BCUT2D eigenvalue weighted by atomic mass is 9.85. The van der Waals surface area contributed by atoms with E-state index >= 15 is 0 Å². The lowest BCUT2D eigenvalue weighted by Gasteiger charge is -2.35. The van der Waals surface area contributed by atoms with E-state index in [4.69, 9.17) is 4.74 Å². The third-order valence-electron chi connectivity index (χ3n) is 7.75. The van der Waals surface area contributed by atoms with E-state index in [0.717, 1.165) is 48.3 Å². The molecule has 1 amide bonds. The van der Waals surface area contributed by atoms with Crippen molar-refractivity contribution >= 4 is 28.1 Å². The van der Waals surface area contributed by atoms with Gasteiger partial charge in [-0.3, -0.25) is 9.78 Å². The second-order valence-corrected chi connectivity index (χ2v) is 10.9. The molecule has 0 bridgehead atoms. The second-order valence-electron chi connectivity index (χ2n) is 10.9. The van der Waals surface area contributed by atoms with E-state index in [1.54, 1.807) is 6.20 Å². The number of benzene rings is 3. The van der Waals surface area contributed by atoms with Crippen LogP contribution in [0.15, 0.2) is 90.6 Å². The largest absolute Gasteiger partial charge is 0.488 e. The first-order valence-corrected chi connectivity index (χ1v) is 13.4. The molecule has 192 valence electrons. The van der Waals surface area contributed by atoms with Gasteiger partial charge in [0.2, 0.25) is 5.91 Å². The van der Waals surface area contributed by atoms with Gasteiger partial charge in [-0.25, -0.2) is 0 Å². The van der Waals surface area contributed by atoms with Crippen LogP contribution in [0.25, 0.3) is 16.5 Å². The van der Waals surface area contributed by atoms with E-state index in [-0.39, 0.29) is 5.91 Å². The Morgan fingerprint density at radius 2 is 1.66 bits per heavy atom. The molecule has 3 heterocycles. The average Bonchev–Trinajstić information content (AvgIpc) is 3.11. The van der Waals surface area contributed by atoms with Crippen LogP contribution in [0, 0.1) is 5.41 Å². The predicted molar refractivity (Wildman–Crippen MR) is 153 cm³/mol. The minimum atomic E-state index is -0.545. The number of nitrogens with zero attached hydrogens (tertiary/aromatic N) is 2. The summed E-state index contributed by atoms with van der Waals surface area (Å²) in [6.07, 6.45) is 3.71. The lowest BCUT2D eigenvalue weighted by Crippen LogP contribution is -2.44. The molecule has 1 N–H and O–H groups in total. The Morgan fingerprint density at radius 1 is 0.921 bits per heavy atom. The Labute approximate surface area is 224 Å². The molecule has 2 aliphatic heterocycles. The van der Waals surface area contributed by atoms with Crippen molar-refractivity contribution < 1.29 is 9.53 Å². The Balaban J connectivity index is 1.20. The fraction of sp³-hybridized carbons (Fsp3) is 0.273. The number of piperidine rings is 1.